The Labute approximate surface area is 190 Å². The van der Waals surface area contributed by atoms with E-state index >= 15 is 0 Å². The van der Waals surface area contributed by atoms with E-state index in [-0.39, 0.29) is 12.1 Å². The summed E-state index contributed by atoms with van der Waals surface area (Å²) in [6.45, 7) is 1.85. The highest BCUT2D eigenvalue weighted by Crippen LogP contribution is 2.33. The van der Waals surface area contributed by atoms with Gasteiger partial charge in [0.2, 0.25) is 5.91 Å². The topological polar surface area (TPSA) is 36.0 Å². The Bertz CT molecular complexity index is 1020. The van der Waals surface area contributed by atoms with Gasteiger partial charge in [-0.3, -0.25) is 9.69 Å². The maximum atomic E-state index is 13.1. The molecule has 0 saturated carbocycles. The molecule has 0 aromatic heterocycles. The van der Waals surface area contributed by atoms with E-state index in [1.807, 2.05) is 37.2 Å². The molecule has 1 amide bonds. The van der Waals surface area contributed by atoms with Crippen molar-refractivity contribution in [3.05, 3.63) is 95.6 Å². The zero-order chi connectivity index (χ0) is 22.5. The van der Waals surface area contributed by atoms with Crippen molar-refractivity contribution in [2.24, 2.45) is 0 Å². The van der Waals surface area contributed by atoms with Gasteiger partial charge in [-0.1, -0.05) is 54.6 Å². The number of carbonyl (C=O) groups excluding carboxylic acids is 1. The van der Waals surface area contributed by atoms with Gasteiger partial charge in [-0.05, 0) is 47.4 Å². The summed E-state index contributed by atoms with van der Waals surface area (Å²) in [5.41, 5.74) is 4.71. The molecule has 1 fully saturated rings. The lowest BCUT2D eigenvalue weighted by atomic mass is 10.1. The molecule has 1 heterocycles. The lowest BCUT2D eigenvalue weighted by Crippen LogP contribution is -2.33. The van der Waals surface area contributed by atoms with Gasteiger partial charge >= 0.3 is 0 Å². The Morgan fingerprint density at radius 3 is 2.22 bits per heavy atom. The largest absolute Gasteiger partial charge is 0.497 e. The monoisotopic (exact) mass is 429 g/mol. The summed E-state index contributed by atoms with van der Waals surface area (Å²) in [5, 5.41) is 0. The van der Waals surface area contributed by atoms with Crippen molar-refractivity contribution >= 4 is 11.6 Å². The Kier molecular flexibility index (Phi) is 6.76. The molecule has 1 atom stereocenters. The molecule has 0 bridgehead atoms. The molecule has 5 nitrogen and oxygen atoms in total. The molecule has 4 rings (SSSR count). The van der Waals surface area contributed by atoms with Crippen LogP contribution in [0.4, 0.5) is 5.69 Å². The molecule has 1 aliphatic rings. The lowest BCUT2D eigenvalue weighted by Gasteiger charge is -2.31. The van der Waals surface area contributed by atoms with E-state index in [9.17, 15) is 4.79 Å². The molecule has 0 aliphatic carbocycles. The maximum Gasteiger partial charge on any atom is 0.238 e. The van der Waals surface area contributed by atoms with E-state index < -0.39 is 0 Å². The second-order valence-corrected chi connectivity index (χ2v) is 8.44. The number of hydrogen-bond donors (Lipinski definition) is 0. The molecular weight excluding hydrogens is 398 g/mol. The van der Waals surface area contributed by atoms with Crippen LogP contribution in [0.3, 0.4) is 0 Å². The minimum atomic E-state index is -0.0721. The van der Waals surface area contributed by atoms with Crippen molar-refractivity contribution in [2.75, 3.05) is 39.2 Å². The summed E-state index contributed by atoms with van der Waals surface area (Å²) in [7, 11) is 5.75. The molecule has 5 heteroatoms. The smallest absolute Gasteiger partial charge is 0.238 e. The van der Waals surface area contributed by atoms with Crippen molar-refractivity contribution in [2.45, 2.75) is 19.1 Å². The van der Waals surface area contributed by atoms with Crippen LogP contribution in [0.25, 0.3) is 0 Å². The predicted octanol–water partition coefficient (Wildman–Crippen LogP) is 4.35. The molecule has 0 radical (unpaired) electrons. The van der Waals surface area contributed by atoms with Crippen molar-refractivity contribution in [1.29, 1.82) is 0 Å². The second-order valence-electron chi connectivity index (χ2n) is 8.44. The van der Waals surface area contributed by atoms with Gasteiger partial charge in [0, 0.05) is 32.9 Å². The molecule has 32 heavy (non-hydrogen) atoms. The number of hydrogen-bond acceptors (Lipinski definition) is 4. The van der Waals surface area contributed by atoms with Gasteiger partial charge in [0.15, 0.2) is 0 Å². The Morgan fingerprint density at radius 1 is 0.906 bits per heavy atom. The summed E-state index contributed by atoms with van der Waals surface area (Å²) in [5.74, 6) is 1.02. The van der Waals surface area contributed by atoms with E-state index in [0.717, 1.165) is 30.0 Å². The molecule has 0 spiro atoms. The van der Waals surface area contributed by atoms with Gasteiger partial charge in [0.25, 0.3) is 0 Å². The van der Waals surface area contributed by atoms with Crippen LogP contribution in [0.2, 0.25) is 0 Å². The third-order valence-corrected chi connectivity index (χ3v) is 6.04. The first-order valence-corrected chi connectivity index (χ1v) is 11.0. The first-order chi connectivity index (χ1) is 15.5. The number of methoxy groups -OCH3 is 1. The summed E-state index contributed by atoms with van der Waals surface area (Å²) >= 11 is 0. The van der Waals surface area contributed by atoms with Crippen molar-refractivity contribution in [3.63, 3.8) is 0 Å². The molecule has 0 N–H and O–H groups in total. The van der Waals surface area contributed by atoms with Crippen LogP contribution in [-0.2, 0) is 17.8 Å². The van der Waals surface area contributed by atoms with E-state index in [0.29, 0.717) is 13.1 Å². The number of carbonyl (C=O) groups is 1. The quantitative estimate of drug-likeness (QED) is 0.534. The van der Waals surface area contributed by atoms with Crippen LogP contribution < -0.4 is 9.64 Å². The highest BCUT2D eigenvalue weighted by Gasteiger charge is 2.38. The van der Waals surface area contributed by atoms with Gasteiger partial charge in [-0.2, -0.15) is 0 Å². The number of rotatable bonds is 8. The lowest BCUT2D eigenvalue weighted by molar-refractivity contribution is -0.128. The highest BCUT2D eigenvalue weighted by molar-refractivity contribution is 5.81. The number of benzene rings is 3. The van der Waals surface area contributed by atoms with Crippen molar-refractivity contribution in [3.8, 4) is 5.75 Å². The molecule has 3 aromatic carbocycles. The molecular formula is C27H31N3O2. The van der Waals surface area contributed by atoms with Crippen LogP contribution in [0.1, 0.15) is 22.9 Å². The highest BCUT2D eigenvalue weighted by atomic mass is 16.5. The standard InChI is InChI=1S/C27H31N3O2/c1-28(2)24-13-11-23(12-14-24)27-29(19-22-7-5-4-6-8-22)20-26(31)30(27)18-17-21-9-15-25(32-3)16-10-21/h4-16,27H,17-20H2,1-3H3. The number of ether oxygens (including phenoxy) is 1. The third-order valence-electron chi connectivity index (χ3n) is 6.04. The second kappa shape index (κ2) is 9.88. The van der Waals surface area contributed by atoms with Crippen LogP contribution in [0.15, 0.2) is 78.9 Å². The van der Waals surface area contributed by atoms with Gasteiger partial charge in [0.05, 0.1) is 13.7 Å². The van der Waals surface area contributed by atoms with E-state index in [4.69, 9.17) is 4.74 Å². The third kappa shape index (κ3) is 4.94. The zero-order valence-electron chi connectivity index (χ0n) is 19.1. The molecule has 1 aliphatic heterocycles. The van der Waals surface area contributed by atoms with Gasteiger partial charge < -0.3 is 14.5 Å². The van der Waals surface area contributed by atoms with E-state index in [1.54, 1.807) is 7.11 Å². The van der Waals surface area contributed by atoms with Gasteiger partial charge in [-0.15, -0.1) is 0 Å². The fourth-order valence-corrected chi connectivity index (χ4v) is 4.27. The Morgan fingerprint density at radius 2 is 1.59 bits per heavy atom. The summed E-state index contributed by atoms with van der Waals surface area (Å²) in [6.07, 6.45) is 0.735. The SMILES string of the molecule is COc1ccc(CCN2C(=O)CN(Cc3ccccc3)C2c2ccc(N(C)C)cc2)cc1. The van der Waals surface area contributed by atoms with Crippen LogP contribution in [-0.4, -0.2) is 50.0 Å². The fraction of sp³-hybridized carbons (Fsp3) is 0.296. The first kappa shape index (κ1) is 21.9. The minimum absolute atomic E-state index is 0.0721. The molecule has 166 valence electrons. The van der Waals surface area contributed by atoms with Gasteiger partial charge in [0.1, 0.15) is 11.9 Å². The fourth-order valence-electron chi connectivity index (χ4n) is 4.27. The minimum Gasteiger partial charge on any atom is -0.497 e. The summed E-state index contributed by atoms with van der Waals surface area (Å²) < 4.78 is 5.26. The summed E-state index contributed by atoms with van der Waals surface area (Å²) in [6, 6.07) is 27.0. The Balaban J connectivity index is 1.57. The van der Waals surface area contributed by atoms with Crippen molar-refractivity contribution < 1.29 is 9.53 Å². The normalized spacial score (nSPS) is 16.4. The zero-order valence-corrected chi connectivity index (χ0v) is 19.1. The van der Waals surface area contributed by atoms with Crippen LogP contribution >= 0.6 is 0 Å². The van der Waals surface area contributed by atoms with Gasteiger partial charge in [-0.25, -0.2) is 0 Å². The Hall–Kier alpha value is -3.31. The molecule has 3 aromatic rings. The molecule has 1 unspecified atom stereocenters. The predicted molar refractivity (Wildman–Crippen MR) is 129 cm³/mol. The maximum absolute atomic E-state index is 13.1. The number of anilines is 1. The summed E-state index contributed by atoms with van der Waals surface area (Å²) in [4.78, 5) is 19.5. The average molecular weight is 430 g/mol. The first-order valence-electron chi connectivity index (χ1n) is 11.0. The average Bonchev–Trinajstić information content (AvgIpc) is 3.13. The van der Waals surface area contributed by atoms with Crippen LogP contribution in [0.5, 0.6) is 5.75 Å². The number of nitrogens with zero attached hydrogens (tertiary/aromatic N) is 3. The molecule has 1 saturated heterocycles. The number of amides is 1. The van der Waals surface area contributed by atoms with Crippen molar-refractivity contribution in [1.82, 2.24) is 9.80 Å². The van der Waals surface area contributed by atoms with Crippen LogP contribution in [0, 0.1) is 0 Å². The van der Waals surface area contributed by atoms with E-state index in [1.165, 1.54) is 11.1 Å². The van der Waals surface area contributed by atoms with E-state index in [2.05, 4.69) is 70.5 Å².